The van der Waals surface area contributed by atoms with Gasteiger partial charge in [-0.05, 0) is 37.8 Å². The van der Waals surface area contributed by atoms with E-state index in [0.717, 1.165) is 71.2 Å². The molecule has 168 valence electrons. The number of carbonyl (C=O) groups excluding carboxylic acids is 1. The van der Waals surface area contributed by atoms with Crippen molar-refractivity contribution < 1.29 is 22.4 Å². The minimum Gasteiger partial charge on any atom is -0.438 e. The topological polar surface area (TPSA) is 92.1 Å². The first kappa shape index (κ1) is 21.8. The lowest BCUT2D eigenvalue weighted by atomic mass is 9.79. The molecule has 2 saturated heterocycles. The van der Waals surface area contributed by atoms with Gasteiger partial charge in [-0.15, -0.1) is 0 Å². The molecule has 1 N–H and O–H groups in total. The molecule has 0 bridgehead atoms. The van der Waals surface area contributed by atoms with Crippen LogP contribution in [0.15, 0.2) is 21.6 Å². The van der Waals surface area contributed by atoms with E-state index in [1.54, 1.807) is 0 Å². The lowest BCUT2D eigenvalue weighted by Gasteiger charge is -2.48. The molecule has 4 rings (SSSR count). The van der Waals surface area contributed by atoms with Crippen molar-refractivity contribution in [1.29, 1.82) is 0 Å². The number of sulfonamides is 1. The molecule has 30 heavy (non-hydrogen) atoms. The third-order valence-electron chi connectivity index (χ3n) is 6.76. The molecule has 1 aromatic rings. The molecule has 3 fully saturated rings. The van der Waals surface area contributed by atoms with Gasteiger partial charge >= 0.3 is 0 Å². The van der Waals surface area contributed by atoms with Crippen LogP contribution in [0.25, 0.3) is 0 Å². The fraction of sp³-hybridized carbons (Fsp3) is 0.762. The molecule has 0 spiro atoms. The summed E-state index contributed by atoms with van der Waals surface area (Å²) in [6.07, 6.45) is 8.42. The number of rotatable bonds is 6. The average Bonchev–Trinajstić information content (AvgIpc) is 3.31. The van der Waals surface area contributed by atoms with E-state index in [0.29, 0.717) is 19.6 Å². The van der Waals surface area contributed by atoms with Gasteiger partial charge in [0.05, 0.1) is 13.2 Å². The smallest absolute Gasteiger partial charge is 0.287 e. The van der Waals surface area contributed by atoms with E-state index < -0.39 is 10.0 Å². The van der Waals surface area contributed by atoms with E-state index in [-0.39, 0.29) is 22.3 Å². The predicted molar refractivity (Wildman–Crippen MR) is 112 cm³/mol. The highest BCUT2D eigenvalue weighted by molar-refractivity contribution is 7.89. The van der Waals surface area contributed by atoms with Gasteiger partial charge in [-0.25, -0.2) is 8.42 Å². The Kier molecular flexibility index (Phi) is 6.81. The normalized spacial score (nSPS) is 23.9. The van der Waals surface area contributed by atoms with E-state index in [1.165, 1.54) is 22.9 Å². The number of ether oxygens (including phenoxy) is 1. The summed E-state index contributed by atoms with van der Waals surface area (Å²) in [6, 6.07) is 2.87. The second kappa shape index (κ2) is 9.38. The van der Waals surface area contributed by atoms with Crippen LogP contribution in [0.2, 0.25) is 0 Å². The number of hydrogen-bond acceptors (Lipinski definition) is 6. The summed E-state index contributed by atoms with van der Waals surface area (Å²) in [5.41, 5.74) is -0.0486. The Morgan fingerprint density at radius 3 is 2.33 bits per heavy atom. The Hall–Kier alpha value is -1.42. The molecule has 9 heteroatoms. The molecular formula is C21H33N3O5S. The van der Waals surface area contributed by atoms with E-state index in [1.807, 2.05) is 0 Å². The quantitative estimate of drug-likeness (QED) is 0.731. The van der Waals surface area contributed by atoms with Gasteiger partial charge in [-0.2, -0.15) is 4.31 Å². The Morgan fingerprint density at radius 1 is 0.967 bits per heavy atom. The number of morpholine rings is 1. The van der Waals surface area contributed by atoms with Crippen molar-refractivity contribution in [1.82, 2.24) is 14.5 Å². The number of amides is 1. The van der Waals surface area contributed by atoms with Gasteiger partial charge < -0.3 is 14.5 Å². The monoisotopic (exact) mass is 439 g/mol. The first-order valence-electron chi connectivity index (χ1n) is 11.2. The zero-order valence-electron chi connectivity index (χ0n) is 17.6. The van der Waals surface area contributed by atoms with E-state index in [9.17, 15) is 13.2 Å². The number of furan rings is 1. The Balaban J connectivity index is 1.42. The fourth-order valence-electron chi connectivity index (χ4n) is 5.00. The fourth-order valence-corrected chi connectivity index (χ4v) is 6.43. The minimum absolute atomic E-state index is 0.0486. The van der Waals surface area contributed by atoms with Crippen molar-refractivity contribution >= 4 is 15.9 Å². The molecule has 0 unspecified atom stereocenters. The summed E-state index contributed by atoms with van der Waals surface area (Å²) >= 11 is 0. The number of nitrogens with one attached hydrogen (secondary N) is 1. The molecule has 0 aromatic carbocycles. The van der Waals surface area contributed by atoms with Crippen LogP contribution in [0.1, 0.15) is 61.9 Å². The maximum Gasteiger partial charge on any atom is 0.287 e. The summed E-state index contributed by atoms with van der Waals surface area (Å²) in [6.45, 7) is 4.78. The molecule has 2 aliphatic heterocycles. The minimum atomic E-state index is -3.67. The summed E-state index contributed by atoms with van der Waals surface area (Å²) in [7, 11) is -3.67. The predicted octanol–water partition coefficient (Wildman–Crippen LogP) is 2.22. The maximum absolute atomic E-state index is 12.8. The van der Waals surface area contributed by atoms with Gasteiger partial charge in [-0.3, -0.25) is 9.69 Å². The van der Waals surface area contributed by atoms with Crippen LogP contribution in [0.4, 0.5) is 0 Å². The Labute approximate surface area is 179 Å². The number of nitrogens with zero attached hydrogens (tertiary/aromatic N) is 2. The Morgan fingerprint density at radius 2 is 1.63 bits per heavy atom. The number of carbonyl (C=O) groups is 1. The zero-order valence-corrected chi connectivity index (χ0v) is 18.4. The highest BCUT2D eigenvalue weighted by atomic mass is 32.2. The second-order valence-electron chi connectivity index (χ2n) is 8.65. The highest BCUT2D eigenvalue weighted by Crippen LogP contribution is 2.34. The van der Waals surface area contributed by atoms with Crippen molar-refractivity contribution in [2.75, 3.05) is 45.9 Å². The molecule has 3 aliphatic rings. The van der Waals surface area contributed by atoms with Crippen LogP contribution >= 0.6 is 0 Å². The molecule has 1 aliphatic carbocycles. The van der Waals surface area contributed by atoms with Gasteiger partial charge in [-0.1, -0.05) is 25.7 Å². The van der Waals surface area contributed by atoms with Crippen LogP contribution < -0.4 is 5.32 Å². The summed E-state index contributed by atoms with van der Waals surface area (Å²) in [5.74, 6) is -0.299. The first-order chi connectivity index (χ1) is 14.5. The summed E-state index contributed by atoms with van der Waals surface area (Å²) < 4.78 is 38.0. The van der Waals surface area contributed by atoms with Crippen molar-refractivity contribution in [3.8, 4) is 0 Å². The van der Waals surface area contributed by atoms with Crippen LogP contribution in [0.5, 0.6) is 0 Å². The third-order valence-corrected chi connectivity index (χ3v) is 8.53. The molecule has 0 atom stereocenters. The highest BCUT2D eigenvalue weighted by Gasteiger charge is 2.39. The van der Waals surface area contributed by atoms with Gasteiger partial charge in [0.1, 0.15) is 0 Å². The first-order valence-corrected chi connectivity index (χ1v) is 12.7. The molecule has 8 nitrogen and oxygen atoms in total. The number of piperidine rings is 1. The van der Waals surface area contributed by atoms with Crippen molar-refractivity contribution in [2.24, 2.45) is 0 Å². The molecule has 1 aromatic heterocycles. The molecule has 3 heterocycles. The zero-order chi connectivity index (χ0) is 21.0. The SMILES string of the molecule is O=C(NCC1(N2CCOCC2)CCCCC1)c1ccc(S(=O)(=O)N2CCCCC2)o1. The van der Waals surface area contributed by atoms with Gasteiger partial charge in [0.2, 0.25) is 5.09 Å². The van der Waals surface area contributed by atoms with Crippen molar-refractivity contribution in [3.63, 3.8) is 0 Å². The van der Waals surface area contributed by atoms with Crippen LogP contribution in [-0.4, -0.2) is 75.0 Å². The van der Waals surface area contributed by atoms with Crippen LogP contribution in [0, 0.1) is 0 Å². The van der Waals surface area contributed by atoms with Gasteiger partial charge in [0, 0.05) is 38.3 Å². The van der Waals surface area contributed by atoms with Crippen LogP contribution in [0.3, 0.4) is 0 Å². The second-order valence-corrected chi connectivity index (χ2v) is 10.5. The van der Waals surface area contributed by atoms with Gasteiger partial charge in [0.25, 0.3) is 15.9 Å². The molecule has 0 radical (unpaired) electrons. The maximum atomic E-state index is 12.8. The average molecular weight is 440 g/mol. The van der Waals surface area contributed by atoms with Gasteiger partial charge in [0.15, 0.2) is 5.76 Å². The van der Waals surface area contributed by atoms with Crippen LogP contribution in [-0.2, 0) is 14.8 Å². The number of hydrogen-bond donors (Lipinski definition) is 1. The van der Waals surface area contributed by atoms with E-state index in [4.69, 9.17) is 9.15 Å². The Bertz CT molecular complexity index is 819. The molecular weight excluding hydrogens is 406 g/mol. The standard InChI is InChI=1S/C21H33N3O5S/c25-20(18-7-8-19(29-18)30(26,27)24-11-5-2-6-12-24)22-17-21(9-3-1-4-10-21)23-13-15-28-16-14-23/h7-8H,1-6,9-17H2,(H,22,25). The largest absolute Gasteiger partial charge is 0.438 e. The molecule has 1 saturated carbocycles. The third kappa shape index (κ3) is 4.59. The lowest BCUT2D eigenvalue weighted by molar-refractivity contribution is -0.0362. The summed E-state index contributed by atoms with van der Waals surface area (Å²) in [5, 5.41) is 2.88. The van der Waals surface area contributed by atoms with E-state index >= 15 is 0 Å². The van der Waals surface area contributed by atoms with Crippen molar-refractivity contribution in [3.05, 3.63) is 17.9 Å². The van der Waals surface area contributed by atoms with E-state index in [2.05, 4.69) is 10.2 Å². The lowest BCUT2D eigenvalue weighted by Crippen LogP contribution is -2.59. The molecule has 1 amide bonds. The van der Waals surface area contributed by atoms with Crippen molar-refractivity contribution in [2.45, 2.75) is 62.0 Å². The summed E-state index contributed by atoms with van der Waals surface area (Å²) in [4.78, 5) is 15.2.